The van der Waals surface area contributed by atoms with Gasteiger partial charge in [-0.05, 0) is 38.8 Å². The van der Waals surface area contributed by atoms with Gasteiger partial charge in [-0.1, -0.05) is 71.1 Å². The third-order valence-corrected chi connectivity index (χ3v) is 5.01. The molecule has 1 saturated heterocycles. The number of unbranched alkanes of at least 4 members (excludes halogenated alkanes) is 9. The fraction of sp³-hybridized carbons (Fsp3) is 1.00. The highest BCUT2D eigenvalue weighted by atomic mass is 16.3. The van der Waals surface area contributed by atoms with E-state index in [0.29, 0.717) is 12.6 Å². The summed E-state index contributed by atoms with van der Waals surface area (Å²) in [6, 6.07) is 0.669. The van der Waals surface area contributed by atoms with E-state index in [1.807, 2.05) is 0 Å². The number of aliphatic hydroxyl groups is 1. The van der Waals surface area contributed by atoms with Crippen LogP contribution in [0, 0.1) is 0 Å². The standard InChI is InChI=1S/C19H39NO/c1-2-3-4-5-6-7-8-9-10-12-16-20-17-13-11-14-19(20)15-18-21/h19,21H,2-18H2,1H3. The molecule has 0 spiro atoms. The molecule has 1 fully saturated rings. The Morgan fingerprint density at radius 1 is 0.857 bits per heavy atom. The molecule has 0 saturated carbocycles. The second kappa shape index (κ2) is 13.6. The second-order valence-electron chi connectivity index (χ2n) is 6.88. The molecule has 0 aromatic carbocycles. The summed E-state index contributed by atoms with van der Waals surface area (Å²) in [5, 5.41) is 9.16. The van der Waals surface area contributed by atoms with E-state index in [0.717, 1.165) is 6.42 Å². The molecule has 0 aromatic heterocycles. The van der Waals surface area contributed by atoms with Crippen molar-refractivity contribution in [3.8, 4) is 0 Å². The maximum atomic E-state index is 9.16. The molecule has 1 N–H and O–H groups in total. The molecule has 1 aliphatic heterocycles. The first-order valence-corrected chi connectivity index (χ1v) is 9.73. The van der Waals surface area contributed by atoms with Gasteiger partial charge in [0.05, 0.1) is 0 Å². The van der Waals surface area contributed by atoms with Crippen LogP contribution in [0.1, 0.15) is 96.8 Å². The van der Waals surface area contributed by atoms with Gasteiger partial charge in [0, 0.05) is 12.6 Å². The van der Waals surface area contributed by atoms with Gasteiger partial charge < -0.3 is 10.0 Å². The first kappa shape index (κ1) is 19.0. The smallest absolute Gasteiger partial charge is 0.0445 e. The van der Waals surface area contributed by atoms with Crippen LogP contribution in [0.4, 0.5) is 0 Å². The largest absolute Gasteiger partial charge is 0.396 e. The summed E-state index contributed by atoms with van der Waals surface area (Å²) in [5.41, 5.74) is 0. The van der Waals surface area contributed by atoms with E-state index in [4.69, 9.17) is 5.11 Å². The van der Waals surface area contributed by atoms with Gasteiger partial charge in [0.25, 0.3) is 0 Å². The van der Waals surface area contributed by atoms with Crippen LogP contribution in [0.25, 0.3) is 0 Å². The van der Waals surface area contributed by atoms with Crippen LogP contribution in [0.5, 0.6) is 0 Å². The fourth-order valence-corrected chi connectivity index (χ4v) is 3.63. The number of nitrogens with zero attached hydrogens (tertiary/aromatic N) is 1. The predicted octanol–water partition coefficient (Wildman–Crippen LogP) is 5.14. The molecule has 1 heterocycles. The molecule has 0 aromatic rings. The van der Waals surface area contributed by atoms with Crippen molar-refractivity contribution in [1.82, 2.24) is 4.90 Å². The van der Waals surface area contributed by atoms with Gasteiger partial charge in [0.15, 0.2) is 0 Å². The van der Waals surface area contributed by atoms with Crippen molar-refractivity contribution in [3.05, 3.63) is 0 Å². The molecule has 1 atom stereocenters. The summed E-state index contributed by atoms with van der Waals surface area (Å²) in [5.74, 6) is 0. The van der Waals surface area contributed by atoms with Gasteiger partial charge >= 0.3 is 0 Å². The second-order valence-corrected chi connectivity index (χ2v) is 6.88. The Morgan fingerprint density at radius 2 is 1.48 bits per heavy atom. The number of aliphatic hydroxyl groups excluding tert-OH is 1. The van der Waals surface area contributed by atoms with Crippen LogP contribution < -0.4 is 0 Å². The molecule has 0 aliphatic carbocycles. The summed E-state index contributed by atoms with van der Waals surface area (Å²) in [6.45, 7) is 5.18. The number of hydrogen-bond donors (Lipinski definition) is 1. The first-order chi connectivity index (χ1) is 10.4. The zero-order valence-corrected chi connectivity index (χ0v) is 14.5. The van der Waals surface area contributed by atoms with Crippen LogP contribution in [-0.4, -0.2) is 35.7 Å². The van der Waals surface area contributed by atoms with Gasteiger partial charge in [-0.25, -0.2) is 0 Å². The third-order valence-electron chi connectivity index (χ3n) is 5.01. The molecular formula is C19H39NO. The minimum atomic E-state index is 0.360. The number of likely N-dealkylation sites (tertiary alicyclic amines) is 1. The lowest BCUT2D eigenvalue weighted by Crippen LogP contribution is -2.40. The Balaban J connectivity index is 1.91. The van der Waals surface area contributed by atoms with E-state index >= 15 is 0 Å². The molecule has 0 radical (unpaired) electrons. The maximum absolute atomic E-state index is 9.16. The molecular weight excluding hydrogens is 258 g/mol. The minimum Gasteiger partial charge on any atom is -0.396 e. The van der Waals surface area contributed by atoms with E-state index in [1.165, 1.54) is 96.6 Å². The summed E-state index contributed by atoms with van der Waals surface area (Å²) < 4.78 is 0. The van der Waals surface area contributed by atoms with Crippen molar-refractivity contribution >= 4 is 0 Å². The van der Waals surface area contributed by atoms with Crippen LogP contribution in [0.15, 0.2) is 0 Å². The van der Waals surface area contributed by atoms with Crippen molar-refractivity contribution in [3.63, 3.8) is 0 Å². The Labute approximate surface area is 133 Å². The van der Waals surface area contributed by atoms with Gasteiger partial charge in [-0.3, -0.25) is 0 Å². The SMILES string of the molecule is CCCCCCCCCCCCN1CCCCC1CCO. The molecule has 0 bridgehead atoms. The lowest BCUT2D eigenvalue weighted by Gasteiger charge is -2.35. The predicted molar refractivity (Wildman–Crippen MR) is 92.8 cm³/mol. The van der Waals surface area contributed by atoms with Crippen LogP contribution in [-0.2, 0) is 0 Å². The number of piperidine rings is 1. The highest BCUT2D eigenvalue weighted by molar-refractivity contribution is 4.76. The van der Waals surface area contributed by atoms with Gasteiger partial charge in [-0.15, -0.1) is 0 Å². The number of hydrogen-bond acceptors (Lipinski definition) is 2. The van der Waals surface area contributed by atoms with Crippen molar-refractivity contribution in [2.24, 2.45) is 0 Å². The molecule has 126 valence electrons. The molecule has 2 nitrogen and oxygen atoms in total. The Hall–Kier alpha value is -0.0800. The van der Waals surface area contributed by atoms with Crippen molar-refractivity contribution in [2.75, 3.05) is 19.7 Å². The van der Waals surface area contributed by atoms with Crippen LogP contribution in [0.2, 0.25) is 0 Å². The van der Waals surface area contributed by atoms with E-state index in [-0.39, 0.29) is 0 Å². The zero-order chi connectivity index (χ0) is 15.2. The lowest BCUT2D eigenvalue weighted by atomic mass is 9.99. The topological polar surface area (TPSA) is 23.5 Å². The monoisotopic (exact) mass is 297 g/mol. The summed E-state index contributed by atoms with van der Waals surface area (Å²) in [7, 11) is 0. The normalized spacial score (nSPS) is 20.0. The van der Waals surface area contributed by atoms with Crippen LogP contribution in [0.3, 0.4) is 0 Å². The first-order valence-electron chi connectivity index (χ1n) is 9.73. The number of rotatable bonds is 13. The summed E-state index contributed by atoms with van der Waals surface area (Å²) in [4.78, 5) is 2.64. The summed E-state index contributed by atoms with van der Waals surface area (Å²) >= 11 is 0. The average Bonchev–Trinajstić information content (AvgIpc) is 2.51. The molecule has 1 rings (SSSR count). The lowest BCUT2D eigenvalue weighted by molar-refractivity contribution is 0.117. The Morgan fingerprint density at radius 3 is 2.10 bits per heavy atom. The molecule has 2 heteroatoms. The zero-order valence-electron chi connectivity index (χ0n) is 14.5. The van der Waals surface area contributed by atoms with E-state index in [9.17, 15) is 0 Å². The molecule has 1 unspecified atom stereocenters. The highest BCUT2D eigenvalue weighted by Crippen LogP contribution is 2.20. The van der Waals surface area contributed by atoms with E-state index in [1.54, 1.807) is 0 Å². The maximum Gasteiger partial charge on any atom is 0.0445 e. The Kier molecular flexibility index (Phi) is 12.3. The van der Waals surface area contributed by atoms with Crippen molar-refractivity contribution < 1.29 is 5.11 Å². The van der Waals surface area contributed by atoms with Gasteiger partial charge in [0.1, 0.15) is 0 Å². The average molecular weight is 298 g/mol. The molecule has 21 heavy (non-hydrogen) atoms. The third kappa shape index (κ3) is 9.52. The Bertz CT molecular complexity index is 218. The van der Waals surface area contributed by atoms with Crippen molar-refractivity contribution in [1.29, 1.82) is 0 Å². The molecule has 1 aliphatic rings. The van der Waals surface area contributed by atoms with Crippen LogP contribution >= 0.6 is 0 Å². The highest BCUT2D eigenvalue weighted by Gasteiger charge is 2.20. The molecule has 0 amide bonds. The fourth-order valence-electron chi connectivity index (χ4n) is 3.63. The quantitative estimate of drug-likeness (QED) is 0.476. The summed E-state index contributed by atoms with van der Waals surface area (Å²) in [6.07, 6.45) is 19.2. The van der Waals surface area contributed by atoms with E-state index in [2.05, 4.69) is 11.8 Å². The van der Waals surface area contributed by atoms with Gasteiger partial charge in [-0.2, -0.15) is 0 Å². The van der Waals surface area contributed by atoms with Crippen molar-refractivity contribution in [2.45, 2.75) is 103 Å². The van der Waals surface area contributed by atoms with Gasteiger partial charge in [0.2, 0.25) is 0 Å². The van der Waals surface area contributed by atoms with E-state index < -0.39 is 0 Å². The minimum absolute atomic E-state index is 0.360.